The van der Waals surface area contributed by atoms with Gasteiger partial charge in [0.05, 0.1) is 0 Å². The first-order valence-corrected chi connectivity index (χ1v) is 7.24. The molecule has 0 aliphatic heterocycles. The molecule has 2 aromatic rings. The third kappa shape index (κ3) is 4.43. The molecule has 0 aromatic heterocycles. The molecule has 21 heavy (non-hydrogen) atoms. The Morgan fingerprint density at radius 3 is 2.48 bits per heavy atom. The summed E-state index contributed by atoms with van der Waals surface area (Å²) in [4.78, 5) is 12.3. The number of aliphatic hydroxyl groups is 1. The minimum Gasteiger partial charge on any atom is -0.396 e. The monoisotopic (exact) mass is 283 g/mol. The van der Waals surface area contributed by atoms with Gasteiger partial charge in [-0.15, -0.1) is 0 Å². The third-order valence-electron chi connectivity index (χ3n) is 3.44. The molecule has 0 saturated carbocycles. The summed E-state index contributed by atoms with van der Waals surface area (Å²) in [7, 11) is 0. The van der Waals surface area contributed by atoms with Crippen LogP contribution in [0.5, 0.6) is 0 Å². The van der Waals surface area contributed by atoms with Gasteiger partial charge in [0.25, 0.3) is 5.91 Å². The second kappa shape index (κ2) is 7.60. The van der Waals surface area contributed by atoms with Gasteiger partial charge in [0.2, 0.25) is 0 Å². The summed E-state index contributed by atoms with van der Waals surface area (Å²) >= 11 is 0. The zero-order valence-corrected chi connectivity index (χ0v) is 12.3. The van der Waals surface area contributed by atoms with E-state index in [1.54, 1.807) is 0 Å². The van der Waals surface area contributed by atoms with Crippen LogP contribution in [0.3, 0.4) is 0 Å². The van der Waals surface area contributed by atoms with E-state index >= 15 is 0 Å². The lowest BCUT2D eigenvalue weighted by molar-refractivity contribution is 0.0933. The molecule has 3 nitrogen and oxygen atoms in total. The average Bonchev–Trinajstić information content (AvgIpc) is 2.49. The van der Waals surface area contributed by atoms with Crippen LogP contribution in [0.15, 0.2) is 54.6 Å². The number of amides is 1. The van der Waals surface area contributed by atoms with E-state index in [1.807, 2.05) is 49.4 Å². The molecule has 110 valence electrons. The molecule has 0 aliphatic rings. The van der Waals surface area contributed by atoms with Crippen LogP contribution in [-0.4, -0.2) is 23.7 Å². The highest BCUT2D eigenvalue weighted by Crippen LogP contribution is 2.14. The maximum atomic E-state index is 12.3. The minimum atomic E-state index is -0.0810. The molecule has 1 amide bonds. The number of hydrogen-bond donors (Lipinski definition) is 2. The summed E-state index contributed by atoms with van der Waals surface area (Å²) in [5, 5.41) is 11.8. The standard InChI is InChI=1S/C18H21NO2/c1-14(11-12-20)19-18(21)17-10-6-5-9-16(17)13-15-7-3-2-4-8-15/h2-10,14,20H,11-13H2,1H3,(H,19,21). The summed E-state index contributed by atoms with van der Waals surface area (Å²) < 4.78 is 0. The first-order valence-electron chi connectivity index (χ1n) is 7.24. The molecule has 0 bridgehead atoms. The van der Waals surface area contributed by atoms with Gasteiger partial charge in [-0.3, -0.25) is 4.79 Å². The Kier molecular flexibility index (Phi) is 5.52. The number of hydrogen-bond acceptors (Lipinski definition) is 2. The summed E-state index contributed by atoms with van der Waals surface area (Å²) in [6, 6.07) is 17.7. The average molecular weight is 283 g/mol. The van der Waals surface area contributed by atoms with E-state index in [9.17, 15) is 4.79 Å². The lowest BCUT2D eigenvalue weighted by Crippen LogP contribution is -2.33. The molecule has 2 N–H and O–H groups in total. The third-order valence-corrected chi connectivity index (χ3v) is 3.44. The van der Waals surface area contributed by atoms with E-state index in [0.717, 1.165) is 12.0 Å². The molecule has 0 radical (unpaired) electrons. The van der Waals surface area contributed by atoms with Crippen LogP contribution in [0.25, 0.3) is 0 Å². The Bertz CT molecular complexity index is 581. The van der Waals surface area contributed by atoms with Gasteiger partial charge in [-0.05, 0) is 37.0 Å². The maximum Gasteiger partial charge on any atom is 0.251 e. The molecule has 0 heterocycles. The van der Waals surface area contributed by atoms with E-state index in [2.05, 4.69) is 17.4 Å². The van der Waals surface area contributed by atoms with Gasteiger partial charge in [-0.2, -0.15) is 0 Å². The van der Waals surface area contributed by atoms with Crippen molar-refractivity contribution in [3.63, 3.8) is 0 Å². The Morgan fingerprint density at radius 1 is 1.10 bits per heavy atom. The summed E-state index contributed by atoms with van der Waals surface area (Å²) in [6.45, 7) is 1.97. The van der Waals surface area contributed by atoms with Crippen molar-refractivity contribution in [2.75, 3.05) is 6.61 Å². The zero-order valence-electron chi connectivity index (χ0n) is 12.3. The fourth-order valence-corrected chi connectivity index (χ4v) is 2.28. The van der Waals surface area contributed by atoms with Gasteiger partial charge in [0, 0.05) is 18.2 Å². The van der Waals surface area contributed by atoms with Crippen LogP contribution >= 0.6 is 0 Å². The molecular weight excluding hydrogens is 262 g/mol. The topological polar surface area (TPSA) is 49.3 Å². The van der Waals surface area contributed by atoms with Crippen molar-refractivity contribution < 1.29 is 9.90 Å². The van der Waals surface area contributed by atoms with E-state index in [4.69, 9.17) is 5.11 Å². The van der Waals surface area contributed by atoms with Gasteiger partial charge in [0.15, 0.2) is 0 Å². The van der Waals surface area contributed by atoms with Gasteiger partial charge in [-0.1, -0.05) is 48.5 Å². The van der Waals surface area contributed by atoms with Crippen molar-refractivity contribution in [3.05, 3.63) is 71.3 Å². The van der Waals surface area contributed by atoms with Crippen molar-refractivity contribution in [2.24, 2.45) is 0 Å². The predicted molar refractivity (Wildman–Crippen MR) is 84.3 cm³/mol. The predicted octanol–water partition coefficient (Wildman–Crippen LogP) is 2.78. The molecule has 2 rings (SSSR count). The van der Waals surface area contributed by atoms with E-state index in [0.29, 0.717) is 12.0 Å². The molecule has 0 fully saturated rings. The normalized spacial score (nSPS) is 11.9. The fourth-order valence-electron chi connectivity index (χ4n) is 2.28. The molecule has 2 aromatic carbocycles. The van der Waals surface area contributed by atoms with Crippen LogP contribution < -0.4 is 5.32 Å². The molecule has 1 atom stereocenters. The maximum absolute atomic E-state index is 12.3. The van der Waals surface area contributed by atoms with Crippen molar-refractivity contribution >= 4 is 5.91 Å². The van der Waals surface area contributed by atoms with E-state index in [-0.39, 0.29) is 18.6 Å². The van der Waals surface area contributed by atoms with Gasteiger partial charge >= 0.3 is 0 Å². The zero-order chi connectivity index (χ0) is 15.1. The lowest BCUT2D eigenvalue weighted by atomic mass is 9.99. The Hall–Kier alpha value is -2.13. The van der Waals surface area contributed by atoms with Crippen LogP contribution in [0.2, 0.25) is 0 Å². The largest absolute Gasteiger partial charge is 0.396 e. The van der Waals surface area contributed by atoms with E-state index in [1.165, 1.54) is 5.56 Å². The van der Waals surface area contributed by atoms with Gasteiger partial charge < -0.3 is 10.4 Å². The highest BCUT2D eigenvalue weighted by Gasteiger charge is 2.13. The number of nitrogens with one attached hydrogen (secondary N) is 1. The van der Waals surface area contributed by atoms with Crippen molar-refractivity contribution in [3.8, 4) is 0 Å². The first-order chi connectivity index (χ1) is 10.2. The minimum absolute atomic E-state index is 0.0349. The highest BCUT2D eigenvalue weighted by atomic mass is 16.3. The quantitative estimate of drug-likeness (QED) is 0.856. The summed E-state index contributed by atoms with van der Waals surface area (Å²) in [6.07, 6.45) is 1.30. The number of carbonyl (C=O) groups excluding carboxylic acids is 1. The number of benzene rings is 2. The number of rotatable bonds is 6. The first kappa shape index (κ1) is 15.3. The van der Waals surface area contributed by atoms with Gasteiger partial charge in [0.1, 0.15) is 0 Å². The molecule has 0 spiro atoms. The second-order valence-electron chi connectivity index (χ2n) is 5.21. The second-order valence-corrected chi connectivity index (χ2v) is 5.21. The van der Waals surface area contributed by atoms with Crippen molar-refractivity contribution in [1.29, 1.82) is 0 Å². The SMILES string of the molecule is CC(CCO)NC(=O)c1ccccc1Cc1ccccc1. The van der Waals surface area contributed by atoms with Crippen LogP contribution in [0, 0.1) is 0 Å². The Labute approximate surface area is 125 Å². The molecule has 0 saturated heterocycles. The fraction of sp³-hybridized carbons (Fsp3) is 0.278. The van der Waals surface area contributed by atoms with Crippen molar-refractivity contribution in [2.45, 2.75) is 25.8 Å². The van der Waals surface area contributed by atoms with Gasteiger partial charge in [-0.25, -0.2) is 0 Å². The molecular formula is C18H21NO2. The molecule has 1 unspecified atom stereocenters. The lowest BCUT2D eigenvalue weighted by Gasteiger charge is -2.15. The highest BCUT2D eigenvalue weighted by molar-refractivity contribution is 5.95. The van der Waals surface area contributed by atoms with Crippen molar-refractivity contribution in [1.82, 2.24) is 5.32 Å². The number of aliphatic hydroxyl groups excluding tert-OH is 1. The summed E-state index contributed by atoms with van der Waals surface area (Å²) in [5.74, 6) is -0.0810. The van der Waals surface area contributed by atoms with Crippen LogP contribution in [0.4, 0.5) is 0 Å². The smallest absolute Gasteiger partial charge is 0.251 e. The Morgan fingerprint density at radius 2 is 1.76 bits per heavy atom. The van der Waals surface area contributed by atoms with Crippen LogP contribution in [-0.2, 0) is 6.42 Å². The van der Waals surface area contributed by atoms with E-state index < -0.39 is 0 Å². The summed E-state index contributed by atoms with van der Waals surface area (Å²) in [5.41, 5.74) is 2.89. The Balaban J connectivity index is 2.15. The van der Waals surface area contributed by atoms with Crippen LogP contribution in [0.1, 0.15) is 34.8 Å². The number of carbonyl (C=O) groups is 1. The molecule has 3 heteroatoms. The molecule has 0 aliphatic carbocycles.